The Hall–Kier alpha value is -1.75. The maximum atomic E-state index is 11.0. The molecule has 1 aliphatic carbocycles. The summed E-state index contributed by atoms with van der Waals surface area (Å²) in [6, 6.07) is 5.63. The van der Waals surface area contributed by atoms with E-state index in [9.17, 15) is 4.79 Å². The molecule has 3 unspecified atom stereocenters. The SMILES string of the molecule is COc1cccc(C2CC2C(=O)O)c1OCC1CCO1. The van der Waals surface area contributed by atoms with Crippen LogP contribution in [0.2, 0.25) is 0 Å². The molecule has 1 aromatic carbocycles. The number of hydrogen-bond donors (Lipinski definition) is 1. The number of benzene rings is 1. The predicted molar refractivity (Wildman–Crippen MR) is 71.3 cm³/mol. The van der Waals surface area contributed by atoms with Crippen molar-refractivity contribution in [1.29, 1.82) is 0 Å². The van der Waals surface area contributed by atoms with E-state index in [0.29, 0.717) is 24.5 Å². The molecule has 1 N–H and O–H groups in total. The van der Waals surface area contributed by atoms with Crippen molar-refractivity contribution in [3.05, 3.63) is 23.8 Å². The maximum absolute atomic E-state index is 11.0. The molecule has 2 fully saturated rings. The molecular weight excluding hydrogens is 260 g/mol. The number of hydrogen-bond acceptors (Lipinski definition) is 4. The van der Waals surface area contributed by atoms with Gasteiger partial charge in [0.05, 0.1) is 19.1 Å². The Balaban J connectivity index is 1.79. The Kier molecular flexibility index (Phi) is 3.53. The number of carboxylic acid groups (broad SMARTS) is 1. The van der Waals surface area contributed by atoms with Gasteiger partial charge in [0.2, 0.25) is 0 Å². The highest BCUT2D eigenvalue weighted by molar-refractivity contribution is 5.76. The van der Waals surface area contributed by atoms with Gasteiger partial charge >= 0.3 is 5.97 Å². The second-order valence-electron chi connectivity index (χ2n) is 5.26. The molecule has 2 aliphatic rings. The Morgan fingerprint density at radius 3 is 2.85 bits per heavy atom. The molecule has 0 aromatic heterocycles. The molecule has 1 heterocycles. The van der Waals surface area contributed by atoms with Crippen LogP contribution in [0.1, 0.15) is 24.3 Å². The van der Waals surface area contributed by atoms with Gasteiger partial charge in [0.1, 0.15) is 6.61 Å². The summed E-state index contributed by atoms with van der Waals surface area (Å²) in [5, 5.41) is 9.08. The van der Waals surface area contributed by atoms with Crippen LogP contribution in [0.15, 0.2) is 18.2 Å². The zero-order chi connectivity index (χ0) is 14.1. The fraction of sp³-hybridized carbons (Fsp3) is 0.533. The van der Waals surface area contributed by atoms with Gasteiger partial charge < -0.3 is 19.3 Å². The molecule has 0 amide bonds. The van der Waals surface area contributed by atoms with Crippen LogP contribution in [0.4, 0.5) is 0 Å². The first kappa shape index (κ1) is 13.2. The first-order valence-electron chi connectivity index (χ1n) is 6.84. The fourth-order valence-electron chi connectivity index (χ4n) is 2.54. The minimum Gasteiger partial charge on any atom is -0.493 e. The molecule has 0 spiro atoms. The number of para-hydroxylation sites is 1. The summed E-state index contributed by atoms with van der Waals surface area (Å²) in [5.74, 6) is 0.299. The third kappa shape index (κ3) is 2.45. The van der Waals surface area contributed by atoms with Crippen LogP contribution in [-0.4, -0.2) is 37.5 Å². The van der Waals surface area contributed by atoms with E-state index in [1.54, 1.807) is 7.11 Å². The molecule has 3 atom stereocenters. The monoisotopic (exact) mass is 278 g/mol. The van der Waals surface area contributed by atoms with Gasteiger partial charge in [0, 0.05) is 24.5 Å². The largest absolute Gasteiger partial charge is 0.493 e. The summed E-state index contributed by atoms with van der Waals surface area (Å²) in [5.41, 5.74) is 0.927. The summed E-state index contributed by atoms with van der Waals surface area (Å²) in [6.45, 7) is 1.27. The predicted octanol–water partition coefficient (Wildman–Crippen LogP) is 2.05. The molecule has 1 aliphatic heterocycles. The van der Waals surface area contributed by atoms with Crippen molar-refractivity contribution in [3.63, 3.8) is 0 Å². The molecule has 5 nitrogen and oxygen atoms in total. The first-order valence-corrected chi connectivity index (χ1v) is 6.84. The van der Waals surface area contributed by atoms with Gasteiger partial charge in [-0.25, -0.2) is 0 Å². The molecule has 20 heavy (non-hydrogen) atoms. The zero-order valence-electron chi connectivity index (χ0n) is 11.4. The van der Waals surface area contributed by atoms with Gasteiger partial charge in [0.25, 0.3) is 0 Å². The fourth-order valence-corrected chi connectivity index (χ4v) is 2.54. The van der Waals surface area contributed by atoms with Crippen LogP contribution in [0.3, 0.4) is 0 Å². The molecule has 0 bridgehead atoms. The van der Waals surface area contributed by atoms with Crippen LogP contribution >= 0.6 is 0 Å². The Morgan fingerprint density at radius 1 is 1.50 bits per heavy atom. The Labute approximate surface area is 117 Å². The molecule has 3 rings (SSSR count). The number of ether oxygens (including phenoxy) is 3. The topological polar surface area (TPSA) is 65.0 Å². The number of rotatable bonds is 6. The summed E-state index contributed by atoms with van der Waals surface area (Å²) in [4.78, 5) is 11.0. The number of carbonyl (C=O) groups is 1. The quantitative estimate of drug-likeness (QED) is 0.862. The van der Waals surface area contributed by atoms with Gasteiger partial charge in [-0.3, -0.25) is 4.79 Å². The van der Waals surface area contributed by atoms with Crippen LogP contribution in [0.5, 0.6) is 11.5 Å². The lowest BCUT2D eigenvalue weighted by atomic mass is 10.1. The van der Waals surface area contributed by atoms with Crippen molar-refractivity contribution in [2.24, 2.45) is 5.92 Å². The molecule has 5 heteroatoms. The van der Waals surface area contributed by atoms with Crippen molar-refractivity contribution < 1.29 is 24.1 Å². The van der Waals surface area contributed by atoms with Crippen LogP contribution in [-0.2, 0) is 9.53 Å². The molecule has 1 saturated carbocycles. The molecule has 0 radical (unpaired) electrons. The van der Waals surface area contributed by atoms with Gasteiger partial charge in [-0.05, 0) is 12.5 Å². The highest BCUT2D eigenvalue weighted by Gasteiger charge is 2.46. The maximum Gasteiger partial charge on any atom is 0.307 e. The second-order valence-corrected chi connectivity index (χ2v) is 5.26. The van der Waals surface area contributed by atoms with Crippen molar-refractivity contribution in [2.75, 3.05) is 20.3 Å². The molecule has 1 saturated heterocycles. The average Bonchev–Trinajstić information content (AvgIpc) is 3.17. The molecular formula is C15H18O5. The number of carboxylic acids is 1. The van der Waals surface area contributed by atoms with E-state index < -0.39 is 5.97 Å². The Morgan fingerprint density at radius 2 is 2.30 bits per heavy atom. The molecule has 1 aromatic rings. The Bertz CT molecular complexity index is 509. The van der Waals surface area contributed by atoms with Crippen molar-refractivity contribution in [1.82, 2.24) is 0 Å². The van der Waals surface area contributed by atoms with Crippen LogP contribution < -0.4 is 9.47 Å². The minimum absolute atomic E-state index is 0.0277. The van der Waals surface area contributed by atoms with Crippen LogP contribution in [0.25, 0.3) is 0 Å². The highest BCUT2D eigenvalue weighted by atomic mass is 16.6. The van der Waals surface area contributed by atoms with E-state index in [2.05, 4.69) is 0 Å². The summed E-state index contributed by atoms with van der Waals surface area (Å²) in [6.07, 6.45) is 1.81. The number of methoxy groups -OCH3 is 1. The summed E-state index contributed by atoms with van der Waals surface area (Å²) < 4.78 is 16.5. The van der Waals surface area contributed by atoms with E-state index in [0.717, 1.165) is 18.6 Å². The lowest BCUT2D eigenvalue weighted by Gasteiger charge is -2.27. The zero-order valence-corrected chi connectivity index (χ0v) is 11.4. The average molecular weight is 278 g/mol. The lowest BCUT2D eigenvalue weighted by Crippen LogP contribution is -2.32. The smallest absolute Gasteiger partial charge is 0.307 e. The highest BCUT2D eigenvalue weighted by Crippen LogP contribution is 2.52. The van der Waals surface area contributed by atoms with E-state index in [1.165, 1.54) is 0 Å². The van der Waals surface area contributed by atoms with E-state index in [1.807, 2.05) is 18.2 Å². The second kappa shape index (κ2) is 5.32. The van der Waals surface area contributed by atoms with Gasteiger partial charge in [-0.2, -0.15) is 0 Å². The minimum atomic E-state index is -0.744. The summed E-state index contributed by atoms with van der Waals surface area (Å²) in [7, 11) is 1.59. The van der Waals surface area contributed by atoms with Gasteiger partial charge in [-0.15, -0.1) is 0 Å². The summed E-state index contributed by atoms with van der Waals surface area (Å²) >= 11 is 0. The van der Waals surface area contributed by atoms with Crippen molar-refractivity contribution in [3.8, 4) is 11.5 Å². The number of aliphatic carboxylic acids is 1. The van der Waals surface area contributed by atoms with Gasteiger partial charge in [-0.1, -0.05) is 12.1 Å². The first-order chi connectivity index (χ1) is 9.70. The standard InChI is InChI=1S/C15H18O5/c1-18-13-4-2-3-10(11-7-12(11)15(16)17)14(13)20-8-9-5-6-19-9/h2-4,9,11-12H,5-8H2,1H3,(H,16,17). The van der Waals surface area contributed by atoms with Crippen molar-refractivity contribution in [2.45, 2.75) is 24.9 Å². The molecule has 108 valence electrons. The van der Waals surface area contributed by atoms with E-state index >= 15 is 0 Å². The van der Waals surface area contributed by atoms with E-state index in [-0.39, 0.29) is 17.9 Å². The van der Waals surface area contributed by atoms with Crippen LogP contribution in [0, 0.1) is 5.92 Å². The van der Waals surface area contributed by atoms with Gasteiger partial charge in [0.15, 0.2) is 11.5 Å². The van der Waals surface area contributed by atoms with Crippen molar-refractivity contribution >= 4 is 5.97 Å². The third-order valence-corrected chi connectivity index (χ3v) is 3.94. The normalized spacial score (nSPS) is 27.6. The lowest BCUT2D eigenvalue weighted by molar-refractivity contribution is -0.138. The third-order valence-electron chi connectivity index (χ3n) is 3.94. The van der Waals surface area contributed by atoms with E-state index in [4.69, 9.17) is 19.3 Å².